The number of benzene rings is 3. The Morgan fingerprint density at radius 3 is 2.41 bits per heavy atom. The first kappa shape index (κ1) is 22.9. The minimum absolute atomic E-state index is 0.0117. The quantitative estimate of drug-likeness (QED) is 0.215. The van der Waals surface area contributed by atoms with Gasteiger partial charge in [-0.2, -0.15) is 0 Å². The third kappa shape index (κ3) is 5.18. The molecule has 0 spiro atoms. The number of fused-ring (bicyclic) bond motifs is 1. The lowest BCUT2D eigenvalue weighted by Gasteiger charge is -2.15. The molecule has 3 aromatic carbocycles. The third-order valence-electron chi connectivity index (χ3n) is 5.28. The van der Waals surface area contributed by atoms with Crippen LogP contribution in [-0.2, 0) is 16.1 Å². The van der Waals surface area contributed by atoms with E-state index in [1.165, 1.54) is 17.2 Å². The van der Waals surface area contributed by atoms with Crippen LogP contribution >= 0.6 is 0 Å². The topological polar surface area (TPSA) is 69.0 Å². The highest BCUT2D eigenvalue weighted by atomic mass is 16.5. The Labute approximate surface area is 197 Å². The van der Waals surface area contributed by atoms with Crippen LogP contribution in [0.25, 0.3) is 22.1 Å². The SMILES string of the molecule is Cc1ccccc1-c1cc(=O)oc2cc(O/C(=C/OCc3ccccc3)C(=O)N(C)C)ccc12. The van der Waals surface area contributed by atoms with Crippen molar-refractivity contribution in [3.05, 3.63) is 112 Å². The summed E-state index contributed by atoms with van der Waals surface area (Å²) in [5.74, 6) is 0.00306. The maximum Gasteiger partial charge on any atom is 0.336 e. The Hall–Kier alpha value is -4.32. The molecule has 1 heterocycles. The Bertz CT molecular complexity index is 1400. The van der Waals surface area contributed by atoms with Crippen molar-refractivity contribution in [2.24, 2.45) is 0 Å². The van der Waals surface area contributed by atoms with Crippen molar-refractivity contribution in [3.63, 3.8) is 0 Å². The summed E-state index contributed by atoms with van der Waals surface area (Å²) in [6.45, 7) is 2.29. The normalized spacial score (nSPS) is 11.3. The lowest BCUT2D eigenvalue weighted by Crippen LogP contribution is -2.26. The van der Waals surface area contributed by atoms with E-state index in [4.69, 9.17) is 13.9 Å². The van der Waals surface area contributed by atoms with E-state index in [1.54, 1.807) is 26.2 Å². The van der Waals surface area contributed by atoms with Gasteiger partial charge in [0.2, 0.25) is 5.76 Å². The zero-order chi connectivity index (χ0) is 24.1. The molecule has 0 saturated carbocycles. The molecule has 6 heteroatoms. The van der Waals surface area contributed by atoms with Crippen molar-refractivity contribution in [2.75, 3.05) is 14.1 Å². The molecule has 0 unspecified atom stereocenters. The van der Waals surface area contributed by atoms with Gasteiger partial charge in [0.1, 0.15) is 24.2 Å². The van der Waals surface area contributed by atoms with Crippen molar-refractivity contribution in [2.45, 2.75) is 13.5 Å². The number of hydrogen-bond acceptors (Lipinski definition) is 5. The average molecular weight is 456 g/mol. The molecule has 0 fully saturated rings. The van der Waals surface area contributed by atoms with Crippen LogP contribution in [0, 0.1) is 6.92 Å². The molecule has 0 N–H and O–H groups in total. The molecule has 0 radical (unpaired) electrons. The van der Waals surface area contributed by atoms with Crippen LogP contribution in [0.1, 0.15) is 11.1 Å². The molecular formula is C28H25NO5. The van der Waals surface area contributed by atoms with Crippen LogP contribution in [0.5, 0.6) is 5.75 Å². The molecule has 0 saturated heterocycles. The lowest BCUT2D eigenvalue weighted by atomic mass is 9.98. The Balaban J connectivity index is 1.66. The summed E-state index contributed by atoms with van der Waals surface area (Å²) < 4.78 is 16.9. The van der Waals surface area contributed by atoms with Crippen molar-refractivity contribution >= 4 is 16.9 Å². The predicted octanol–water partition coefficient (Wildman–Crippen LogP) is 5.29. The van der Waals surface area contributed by atoms with Crippen LogP contribution in [0.3, 0.4) is 0 Å². The van der Waals surface area contributed by atoms with Crippen LogP contribution in [0.4, 0.5) is 0 Å². The van der Waals surface area contributed by atoms with Crippen LogP contribution in [0.2, 0.25) is 0 Å². The fourth-order valence-corrected chi connectivity index (χ4v) is 3.56. The molecular weight excluding hydrogens is 430 g/mol. The van der Waals surface area contributed by atoms with E-state index in [2.05, 4.69) is 0 Å². The number of hydrogen-bond donors (Lipinski definition) is 0. The molecule has 6 nitrogen and oxygen atoms in total. The van der Waals surface area contributed by atoms with Gasteiger partial charge in [-0.05, 0) is 35.7 Å². The van der Waals surface area contributed by atoms with Crippen molar-refractivity contribution in [1.82, 2.24) is 4.90 Å². The largest absolute Gasteiger partial charge is 0.492 e. The molecule has 172 valence electrons. The molecule has 1 aromatic heterocycles. The van der Waals surface area contributed by atoms with E-state index in [0.29, 0.717) is 17.9 Å². The smallest absolute Gasteiger partial charge is 0.336 e. The monoisotopic (exact) mass is 455 g/mol. The first-order valence-corrected chi connectivity index (χ1v) is 10.8. The van der Waals surface area contributed by atoms with Gasteiger partial charge in [0.15, 0.2) is 0 Å². The molecule has 1 amide bonds. The molecule has 0 aliphatic carbocycles. The summed E-state index contributed by atoms with van der Waals surface area (Å²) in [6, 6.07) is 24.1. The number of ether oxygens (including phenoxy) is 2. The maximum atomic E-state index is 12.7. The Morgan fingerprint density at radius 2 is 1.68 bits per heavy atom. The number of carbonyl (C=O) groups is 1. The van der Waals surface area contributed by atoms with Gasteiger partial charge in [0, 0.05) is 37.2 Å². The highest BCUT2D eigenvalue weighted by Gasteiger charge is 2.17. The van der Waals surface area contributed by atoms with Gasteiger partial charge in [-0.3, -0.25) is 4.79 Å². The van der Waals surface area contributed by atoms with E-state index in [9.17, 15) is 9.59 Å². The van der Waals surface area contributed by atoms with Crippen LogP contribution in [0.15, 0.2) is 100 Å². The summed E-state index contributed by atoms with van der Waals surface area (Å²) in [6.07, 6.45) is 1.31. The second-order valence-corrected chi connectivity index (χ2v) is 8.03. The Morgan fingerprint density at radius 1 is 0.941 bits per heavy atom. The first-order chi connectivity index (χ1) is 16.4. The molecule has 0 aliphatic heterocycles. The van der Waals surface area contributed by atoms with Gasteiger partial charge in [0.05, 0.1) is 0 Å². The maximum absolute atomic E-state index is 12.7. The summed E-state index contributed by atoms with van der Waals surface area (Å²) in [7, 11) is 3.26. The van der Waals surface area contributed by atoms with Gasteiger partial charge in [0.25, 0.3) is 5.91 Å². The van der Waals surface area contributed by atoms with E-state index in [0.717, 1.165) is 27.6 Å². The zero-order valence-corrected chi connectivity index (χ0v) is 19.3. The molecule has 34 heavy (non-hydrogen) atoms. The fourth-order valence-electron chi connectivity index (χ4n) is 3.56. The number of aryl methyl sites for hydroxylation is 1. The van der Waals surface area contributed by atoms with Gasteiger partial charge in [-0.25, -0.2) is 4.79 Å². The van der Waals surface area contributed by atoms with Gasteiger partial charge in [-0.1, -0.05) is 54.6 Å². The summed E-state index contributed by atoms with van der Waals surface area (Å²) in [5, 5.41) is 0.769. The lowest BCUT2D eigenvalue weighted by molar-refractivity contribution is -0.127. The standard InChI is InChI=1S/C28H25NO5/c1-19-9-7-8-12-22(19)24-16-27(30)34-25-15-21(13-14-23(24)25)33-26(28(31)29(2)3)18-32-17-20-10-5-4-6-11-20/h4-16,18H,17H2,1-3H3/b26-18+. The van der Waals surface area contributed by atoms with Gasteiger partial charge < -0.3 is 18.8 Å². The van der Waals surface area contributed by atoms with Crippen LogP contribution in [-0.4, -0.2) is 24.9 Å². The zero-order valence-electron chi connectivity index (χ0n) is 19.3. The van der Waals surface area contributed by atoms with Gasteiger partial charge in [-0.15, -0.1) is 0 Å². The average Bonchev–Trinajstić information content (AvgIpc) is 2.83. The minimum atomic E-state index is -0.464. The summed E-state index contributed by atoms with van der Waals surface area (Å²) in [5.41, 5.74) is 3.65. The van der Waals surface area contributed by atoms with Crippen molar-refractivity contribution in [1.29, 1.82) is 0 Å². The minimum Gasteiger partial charge on any atom is -0.492 e. The number of carbonyl (C=O) groups excluding carboxylic acids is 1. The van der Waals surface area contributed by atoms with Crippen molar-refractivity contribution in [3.8, 4) is 16.9 Å². The second kappa shape index (κ2) is 10.1. The number of amides is 1. The van der Waals surface area contributed by atoms with E-state index in [-0.39, 0.29) is 11.7 Å². The summed E-state index contributed by atoms with van der Waals surface area (Å²) in [4.78, 5) is 26.4. The number of rotatable bonds is 7. The molecule has 0 atom stereocenters. The fraction of sp³-hybridized carbons (Fsp3) is 0.143. The highest BCUT2D eigenvalue weighted by Crippen LogP contribution is 2.32. The predicted molar refractivity (Wildman–Crippen MR) is 131 cm³/mol. The van der Waals surface area contributed by atoms with E-state index >= 15 is 0 Å². The molecule has 0 aliphatic rings. The highest BCUT2D eigenvalue weighted by molar-refractivity contribution is 5.95. The summed E-state index contributed by atoms with van der Waals surface area (Å²) >= 11 is 0. The number of nitrogens with zero attached hydrogens (tertiary/aromatic N) is 1. The molecule has 4 aromatic rings. The molecule has 4 rings (SSSR count). The van der Waals surface area contributed by atoms with Crippen LogP contribution < -0.4 is 10.4 Å². The van der Waals surface area contributed by atoms with E-state index < -0.39 is 5.63 Å². The van der Waals surface area contributed by atoms with Crippen molar-refractivity contribution < 1.29 is 18.7 Å². The van der Waals surface area contributed by atoms with E-state index in [1.807, 2.05) is 67.6 Å². The Kier molecular flexibility index (Phi) is 6.78. The second-order valence-electron chi connectivity index (χ2n) is 8.03. The van der Waals surface area contributed by atoms with Gasteiger partial charge >= 0.3 is 5.63 Å². The number of likely N-dealkylation sites (N-methyl/N-ethyl adjacent to an activating group) is 1. The molecule has 0 bridgehead atoms. The first-order valence-electron chi connectivity index (χ1n) is 10.8. The third-order valence-corrected chi connectivity index (χ3v) is 5.28.